The number of alkyl carbamates (subject to hydrolysis) is 1. The Kier molecular flexibility index (Phi) is 7.72. The first-order valence-corrected chi connectivity index (χ1v) is 9.69. The molecule has 1 N–H and O–H groups in total. The fraction of sp³-hybridized carbons (Fsp3) is 0.273. The SMILES string of the molecule is O=C(N[C@@H](COCc1ccccc1)C(=O)ON1C(=O)CCC1=O)OCc1ccccc1. The number of carbonyl (C=O) groups is 4. The summed E-state index contributed by atoms with van der Waals surface area (Å²) < 4.78 is 10.7. The number of nitrogens with zero attached hydrogens (tertiary/aromatic N) is 1. The zero-order valence-corrected chi connectivity index (χ0v) is 16.7. The molecular weight excluding hydrogens is 404 g/mol. The molecule has 1 aliphatic rings. The van der Waals surface area contributed by atoms with Crippen molar-refractivity contribution in [3.05, 3.63) is 71.8 Å². The Morgan fingerprint density at radius 1 is 0.871 bits per heavy atom. The number of imide groups is 1. The zero-order valence-electron chi connectivity index (χ0n) is 16.7. The molecule has 2 aromatic rings. The monoisotopic (exact) mass is 426 g/mol. The maximum absolute atomic E-state index is 12.5. The highest BCUT2D eigenvalue weighted by molar-refractivity contribution is 6.01. The van der Waals surface area contributed by atoms with Crippen LogP contribution in [0.5, 0.6) is 0 Å². The molecule has 1 heterocycles. The van der Waals surface area contributed by atoms with Crippen LogP contribution in [0, 0.1) is 0 Å². The van der Waals surface area contributed by atoms with Crippen molar-refractivity contribution in [1.29, 1.82) is 0 Å². The minimum atomic E-state index is -1.28. The molecule has 3 rings (SSSR count). The summed E-state index contributed by atoms with van der Waals surface area (Å²) in [6.07, 6.45) is -0.935. The summed E-state index contributed by atoms with van der Waals surface area (Å²) in [6, 6.07) is 17.0. The number of hydrogen-bond donors (Lipinski definition) is 1. The number of hydrogen-bond acceptors (Lipinski definition) is 7. The summed E-state index contributed by atoms with van der Waals surface area (Å²) in [5.74, 6) is -2.24. The van der Waals surface area contributed by atoms with E-state index in [4.69, 9.17) is 14.3 Å². The van der Waals surface area contributed by atoms with Gasteiger partial charge in [0.2, 0.25) is 0 Å². The zero-order chi connectivity index (χ0) is 22.1. The molecule has 162 valence electrons. The molecule has 1 fully saturated rings. The van der Waals surface area contributed by atoms with Crippen LogP contribution in [0.1, 0.15) is 24.0 Å². The van der Waals surface area contributed by atoms with Gasteiger partial charge in [-0.15, -0.1) is 5.06 Å². The largest absolute Gasteiger partial charge is 0.445 e. The molecule has 2 aromatic carbocycles. The summed E-state index contributed by atoms with van der Waals surface area (Å²) in [5, 5.41) is 2.79. The minimum absolute atomic E-state index is 0.00239. The van der Waals surface area contributed by atoms with E-state index >= 15 is 0 Å². The smallest absolute Gasteiger partial charge is 0.408 e. The molecule has 9 nitrogen and oxygen atoms in total. The average molecular weight is 426 g/mol. The van der Waals surface area contributed by atoms with Gasteiger partial charge in [0.15, 0.2) is 6.04 Å². The molecule has 0 saturated carbocycles. The van der Waals surface area contributed by atoms with Crippen LogP contribution in [-0.2, 0) is 41.9 Å². The first kappa shape index (κ1) is 22.0. The molecule has 1 aliphatic heterocycles. The Morgan fingerprint density at radius 3 is 2.00 bits per heavy atom. The summed E-state index contributed by atoms with van der Waals surface area (Å²) >= 11 is 0. The van der Waals surface area contributed by atoms with E-state index in [9.17, 15) is 19.2 Å². The normalized spacial score (nSPS) is 14.3. The second kappa shape index (κ2) is 10.9. The van der Waals surface area contributed by atoms with Gasteiger partial charge in [0, 0.05) is 12.8 Å². The van der Waals surface area contributed by atoms with Crippen molar-refractivity contribution in [3.63, 3.8) is 0 Å². The molecule has 1 atom stereocenters. The van der Waals surface area contributed by atoms with Crippen LogP contribution < -0.4 is 5.32 Å². The number of benzene rings is 2. The van der Waals surface area contributed by atoms with E-state index < -0.39 is 29.9 Å². The second-order valence-corrected chi connectivity index (χ2v) is 6.75. The molecule has 3 amide bonds. The third-order valence-corrected chi connectivity index (χ3v) is 4.37. The van der Waals surface area contributed by atoms with Crippen LogP contribution in [0.15, 0.2) is 60.7 Å². The van der Waals surface area contributed by atoms with Gasteiger partial charge < -0.3 is 19.6 Å². The maximum atomic E-state index is 12.5. The van der Waals surface area contributed by atoms with Crippen molar-refractivity contribution < 1.29 is 33.5 Å². The molecule has 0 radical (unpaired) electrons. The molecule has 1 saturated heterocycles. The number of rotatable bonds is 9. The van der Waals surface area contributed by atoms with Gasteiger partial charge >= 0.3 is 12.1 Å². The average Bonchev–Trinajstić information content (AvgIpc) is 3.10. The Morgan fingerprint density at radius 2 is 1.42 bits per heavy atom. The molecule has 0 unspecified atom stereocenters. The van der Waals surface area contributed by atoms with Gasteiger partial charge in [-0.3, -0.25) is 9.59 Å². The third-order valence-electron chi connectivity index (χ3n) is 4.37. The van der Waals surface area contributed by atoms with Crippen molar-refractivity contribution in [3.8, 4) is 0 Å². The highest BCUT2D eigenvalue weighted by Crippen LogP contribution is 2.13. The van der Waals surface area contributed by atoms with Crippen LogP contribution in [0.4, 0.5) is 4.79 Å². The van der Waals surface area contributed by atoms with Crippen molar-refractivity contribution in [1.82, 2.24) is 10.4 Å². The molecule has 0 aromatic heterocycles. The lowest BCUT2D eigenvalue weighted by molar-refractivity contribution is -0.199. The number of carbonyl (C=O) groups excluding carboxylic acids is 4. The number of nitrogens with one attached hydrogen (secondary N) is 1. The summed E-state index contributed by atoms with van der Waals surface area (Å²) in [5.41, 5.74) is 1.64. The van der Waals surface area contributed by atoms with E-state index in [0.717, 1.165) is 11.1 Å². The fourth-order valence-corrected chi connectivity index (χ4v) is 2.76. The highest BCUT2D eigenvalue weighted by atomic mass is 16.7. The quantitative estimate of drug-likeness (QED) is 0.611. The second-order valence-electron chi connectivity index (χ2n) is 6.75. The van der Waals surface area contributed by atoms with Crippen molar-refractivity contribution in [2.45, 2.75) is 32.1 Å². The van der Waals surface area contributed by atoms with Crippen LogP contribution in [0.3, 0.4) is 0 Å². The van der Waals surface area contributed by atoms with Gasteiger partial charge in [-0.1, -0.05) is 60.7 Å². The van der Waals surface area contributed by atoms with Gasteiger partial charge in [-0.05, 0) is 11.1 Å². The third kappa shape index (κ3) is 6.65. The molecule has 0 spiro atoms. The number of amides is 3. The van der Waals surface area contributed by atoms with E-state index in [-0.39, 0.29) is 32.7 Å². The lowest BCUT2D eigenvalue weighted by atomic mass is 10.2. The Hall–Kier alpha value is -3.72. The van der Waals surface area contributed by atoms with E-state index in [1.54, 1.807) is 24.3 Å². The first-order chi connectivity index (χ1) is 15.0. The first-order valence-electron chi connectivity index (χ1n) is 9.69. The Bertz CT molecular complexity index is 902. The molecule has 0 bridgehead atoms. The van der Waals surface area contributed by atoms with Gasteiger partial charge in [0.1, 0.15) is 6.61 Å². The van der Waals surface area contributed by atoms with Crippen molar-refractivity contribution in [2.24, 2.45) is 0 Å². The van der Waals surface area contributed by atoms with Crippen molar-refractivity contribution >= 4 is 23.9 Å². The molecule has 9 heteroatoms. The number of hydroxylamine groups is 2. The van der Waals surface area contributed by atoms with Gasteiger partial charge in [0.25, 0.3) is 11.8 Å². The number of ether oxygens (including phenoxy) is 2. The van der Waals surface area contributed by atoms with Crippen LogP contribution >= 0.6 is 0 Å². The van der Waals surface area contributed by atoms with E-state index in [0.29, 0.717) is 5.06 Å². The maximum Gasteiger partial charge on any atom is 0.408 e. The van der Waals surface area contributed by atoms with Gasteiger partial charge in [-0.2, -0.15) is 0 Å². The van der Waals surface area contributed by atoms with Crippen LogP contribution in [0.2, 0.25) is 0 Å². The predicted molar refractivity (Wildman–Crippen MR) is 107 cm³/mol. The predicted octanol–water partition coefficient (Wildman–Crippen LogP) is 2.11. The fourth-order valence-electron chi connectivity index (χ4n) is 2.76. The standard InChI is InChI=1S/C22H22N2O7/c25-19-11-12-20(26)24(19)31-21(27)18(15-29-13-16-7-3-1-4-8-16)23-22(28)30-14-17-9-5-2-6-10-17/h1-10,18H,11-15H2,(H,23,28)/t18-/m0/s1. The lowest BCUT2D eigenvalue weighted by Gasteiger charge is -2.20. The lowest BCUT2D eigenvalue weighted by Crippen LogP contribution is -2.48. The van der Waals surface area contributed by atoms with Gasteiger partial charge in [-0.25, -0.2) is 9.59 Å². The van der Waals surface area contributed by atoms with Crippen LogP contribution in [-0.4, -0.2) is 41.6 Å². The molecular formula is C22H22N2O7. The van der Waals surface area contributed by atoms with E-state index in [1.807, 2.05) is 36.4 Å². The summed E-state index contributed by atoms with van der Waals surface area (Å²) in [6.45, 7) is -0.0558. The van der Waals surface area contributed by atoms with Gasteiger partial charge in [0.05, 0.1) is 13.2 Å². The molecule has 31 heavy (non-hydrogen) atoms. The van der Waals surface area contributed by atoms with Crippen molar-refractivity contribution in [2.75, 3.05) is 6.61 Å². The molecule has 0 aliphatic carbocycles. The summed E-state index contributed by atoms with van der Waals surface area (Å²) in [7, 11) is 0. The Labute approximate surface area is 178 Å². The Balaban J connectivity index is 1.58. The van der Waals surface area contributed by atoms with Crippen LogP contribution in [0.25, 0.3) is 0 Å². The highest BCUT2D eigenvalue weighted by Gasteiger charge is 2.35. The minimum Gasteiger partial charge on any atom is -0.445 e. The topological polar surface area (TPSA) is 111 Å². The van der Waals surface area contributed by atoms with E-state index in [2.05, 4.69) is 5.32 Å². The van der Waals surface area contributed by atoms with E-state index in [1.165, 1.54) is 0 Å². The summed E-state index contributed by atoms with van der Waals surface area (Å²) in [4.78, 5) is 53.0.